The van der Waals surface area contributed by atoms with Gasteiger partial charge in [-0.3, -0.25) is 0 Å². The van der Waals surface area contributed by atoms with Gasteiger partial charge in [-0.15, -0.1) is 0 Å². The first-order chi connectivity index (χ1) is 8.19. The smallest absolute Gasteiger partial charge is 0.292 e. The third kappa shape index (κ3) is 2.91. The first kappa shape index (κ1) is 11.8. The van der Waals surface area contributed by atoms with E-state index in [9.17, 15) is 0 Å². The molecular formula is C12H13ClN2O2. The number of anilines is 1. The molecule has 1 heterocycles. The number of ether oxygens (including phenoxy) is 1. The molecule has 2 rings (SSSR count). The third-order valence-electron chi connectivity index (χ3n) is 2.46. The normalized spacial score (nSPS) is 10.5. The average Bonchev–Trinajstić information content (AvgIpc) is 2.73. The number of aryl methyl sites for hydroxylation is 2. The molecule has 0 fully saturated rings. The monoisotopic (exact) mass is 252 g/mol. The van der Waals surface area contributed by atoms with Crippen LogP contribution >= 0.6 is 11.6 Å². The van der Waals surface area contributed by atoms with Crippen molar-refractivity contribution in [3.63, 3.8) is 0 Å². The minimum Gasteiger partial charge on any atom is -0.495 e. The maximum atomic E-state index is 6.04. The minimum absolute atomic E-state index is 0.202. The first-order valence-corrected chi connectivity index (χ1v) is 5.59. The Balaban J connectivity index is 2.02. The van der Waals surface area contributed by atoms with Crippen LogP contribution in [0.4, 0.5) is 6.01 Å². The lowest BCUT2D eigenvalue weighted by atomic mass is 10.1. The molecule has 1 aromatic heterocycles. The molecule has 0 aliphatic heterocycles. The van der Waals surface area contributed by atoms with E-state index in [1.54, 1.807) is 13.4 Å². The molecule has 2 aromatic rings. The van der Waals surface area contributed by atoms with E-state index < -0.39 is 0 Å². The summed E-state index contributed by atoms with van der Waals surface area (Å²) in [6.45, 7) is 0. The summed E-state index contributed by atoms with van der Waals surface area (Å²) in [7, 11) is 1.60. The van der Waals surface area contributed by atoms with Crippen molar-refractivity contribution in [2.45, 2.75) is 12.8 Å². The maximum absolute atomic E-state index is 6.04. The van der Waals surface area contributed by atoms with Crippen LogP contribution in [0.5, 0.6) is 5.75 Å². The molecule has 0 saturated carbocycles. The van der Waals surface area contributed by atoms with Crippen LogP contribution in [0.2, 0.25) is 5.02 Å². The molecule has 5 heteroatoms. The molecule has 1 aromatic carbocycles. The summed E-state index contributed by atoms with van der Waals surface area (Å²) < 4.78 is 10.0. The quantitative estimate of drug-likeness (QED) is 0.909. The fourth-order valence-corrected chi connectivity index (χ4v) is 1.86. The molecule has 0 atom stereocenters. The summed E-state index contributed by atoms with van der Waals surface area (Å²) in [6, 6.07) is 5.93. The van der Waals surface area contributed by atoms with Gasteiger partial charge in [0, 0.05) is 0 Å². The molecule has 2 N–H and O–H groups in total. The van der Waals surface area contributed by atoms with Crippen molar-refractivity contribution in [1.29, 1.82) is 0 Å². The summed E-state index contributed by atoms with van der Waals surface area (Å²) in [4.78, 5) is 4.04. The van der Waals surface area contributed by atoms with Gasteiger partial charge in [-0.1, -0.05) is 17.7 Å². The number of nitrogens with zero attached hydrogens (tertiary/aromatic N) is 1. The molecule has 0 aliphatic rings. The van der Waals surface area contributed by atoms with Crippen LogP contribution in [0, 0.1) is 0 Å². The van der Waals surface area contributed by atoms with Gasteiger partial charge in [0.1, 0.15) is 12.0 Å². The summed E-state index contributed by atoms with van der Waals surface area (Å²) >= 11 is 6.04. The molecule has 17 heavy (non-hydrogen) atoms. The Labute approximate surface area is 104 Å². The molecule has 0 spiro atoms. The molecule has 0 saturated heterocycles. The Kier molecular flexibility index (Phi) is 3.54. The predicted molar refractivity (Wildman–Crippen MR) is 66.3 cm³/mol. The second-order valence-electron chi connectivity index (χ2n) is 3.65. The standard InChI is InChI=1S/C12H13ClN2O2/c1-16-11-5-3-8(6-10(11)13)2-4-9-7-17-12(14)15-9/h3,5-7H,2,4H2,1H3,(H2,14,15). The van der Waals surface area contributed by atoms with E-state index in [4.69, 9.17) is 26.5 Å². The average molecular weight is 253 g/mol. The highest BCUT2D eigenvalue weighted by atomic mass is 35.5. The van der Waals surface area contributed by atoms with E-state index in [1.165, 1.54) is 0 Å². The molecule has 0 unspecified atom stereocenters. The molecule has 0 amide bonds. The van der Waals surface area contributed by atoms with Crippen molar-refractivity contribution in [2.24, 2.45) is 0 Å². The Bertz CT molecular complexity index is 511. The second kappa shape index (κ2) is 5.10. The second-order valence-corrected chi connectivity index (χ2v) is 4.05. The van der Waals surface area contributed by atoms with E-state index in [-0.39, 0.29) is 6.01 Å². The van der Waals surface area contributed by atoms with Crippen molar-refractivity contribution in [3.05, 3.63) is 40.7 Å². The Morgan fingerprint density at radius 2 is 2.24 bits per heavy atom. The number of halogens is 1. The predicted octanol–water partition coefficient (Wildman–Crippen LogP) is 2.70. The van der Waals surface area contributed by atoms with Crippen LogP contribution in [-0.2, 0) is 12.8 Å². The van der Waals surface area contributed by atoms with Gasteiger partial charge in [0.15, 0.2) is 0 Å². The van der Waals surface area contributed by atoms with Gasteiger partial charge in [0.2, 0.25) is 0 Å². The van der Waals surface area contributed by atoms with E-state index in [0.717, 1.165) is 24.1 Å². The van der Waals surface area contributed by atoms with E-state index in [0.29, 0.717) is 10.8 Å². The van der Waals surface area contributed by atoms with Crippen LogP contribution in [-0.4, -0.2) is 12.1 Å². The van der Waals surface area contributed by atoms with Crippen LogP contribution in [0.1, 0.15) is 11.3 Å². The van der Waals surface area contributed by atoms with Crippen molar-refractivity contribution in [3.8, 4) is 5.75 Å². The van der Waals surface area contributed by atoms with Crippen LogP contribution in [0.25, 0.3) is 0 Å². The summed E-state index contributed by atoms with van der Waals surface area (Å²) in [5.74, 6) is 0.682. The fraction of sp³-hybridized carbons (Fsp3) is 0.250. The first-order valence-electron chi connectivity index (χ1n) is 5.21. The number of benzene rings is 1. The zero-order valence-electron chi connectivity index (χ0n) is 9.44. The lowest BCUT2D eigenvalue weighted by Crippen LogP contribution is -1.93. The van der Waals surface area contributed by atoms with Crippen LogP contribution in [0.3, 0.4) is 0 Å². The Morgan fingerprint density at radius 3 is 2.82 bits per heavy atom. The molecule has 0 bridgehead atoms. The van der Waals surface area contributed by atoms with E-state index in [2.05, 4.69) is 4.98 Å². The van der Waals surface area contributed by atoms with Crippen molar-refractivity contribution in [2.75, 3.05) is 12.8 Å². The van der Waals surface area contributed by atoms with Crippen LogP contribution in [0.15, 0.2) is 28.9 Å². The van der Waals surface area contributed by atoms with Crippen LogP contribution < -0.4 is 10.5 Å². The Hall–Kier alpha value is -1.68. The van der Waals surface area contributed by atoms with E-state index >= 15 is 0 Å². The van der Waals surface area contributed by atoms with Gasteiger partial charge < -0.3 is 14.9 Å². The number of hydrogen-bond acceptors (Lipinski definition) is 4. The zero-order chi connectivity index (χ0) is 12.3. The van der Waals surface area contributed by atoms with E-state index in [1.807, 2.05) is 18.2 Å². The lowest BCUT2D eigenvalue weighted by Gasteiger charge is -2.05. The summed E-state index contributed by atoms with van der Waals surface area (Å²) in [5.41, 5.74) is 7.36. The number of nitrogens with two attached hydrogens (primary N) is 1. The lowest BCUT2D eigenvalue weighted by molar-refractivity contribution is 0.415. The maximum Gasteiger partial charge on any atom is 0.292 e. The number of oxazole rings is 1. The van der Waals surface area contributed by atoms with Gasteiger partial charge in [-0.25, -0.2) is 0 Å². The highest BCUT2D eigenvalue weighted by Gasteiger charge is 2.04. The van der Waals surface area contributed by atoms with Crippen molar-refractivity contribution >= 4 is 17.6 Å². The fourth-order valence-electron chi connectivity index (χ4n) is 1.58. The van der Waals surface area contributed by atoms with Gasteiger partial charge >= 0.3 is 0 Å². The van der Waals surface area contributed by atoms with Crippen molar-refractivity contribution in [1.82, 2.24) is 4.98 Å². The van der Waals surface area contributed by atoms with Gasteiger partial charge in [-0.05, 0) is 30.5 Å². The topological polar surface area (TPSA) is 61.3 Å². The highest BCUT2D eigenvalue weighted by molar-refractivity contribution is 6.32. The SMILES string of the molecule is COc1ccc(CCc2coc(N)n2)cc1Cl. The number of aromatic nitrogens is 1. The molecular weight excluding hydrogens is 240 g/mol. The largest absolute Gasteiger partial charge is 0.495 e. The van der Waals surface area contributed by atoms with Gasteiger partial charge in [0.25, 0.3) is 6.01 Å². The molecule has 90 valence electrons. The number of nitrogen functional groups attached to an aromatic ring is 1. The minimum atomic E-state index is 0.202. The molecule has 0 radical (unpaired) electrons. The zero-order valence-corrected chi connectivity index (χ0v) is 10.2. The highest BCUT2D eigenvalue weighted by Crippen LogP contribution is 2.25. The van der Waals surface area contributed by atoms with Crippen molar-refractivity contribution < 1.29 is 9.15 Å². The summed E-state index contributed by atoms with van der Waals surface area (Å²) in [5, 5.41) is 0.615. The van der Waals surface area contributed by atoms with Gasteiger partial charge in [-0.2, -0.15) is 4.98 Å². The summed E-state index contributed by atoms with van der Waals surface area (Å²) in [6.07, 6.45) is 3.17. The number of rotatable bonds is 4. The number of hydrogen-bond donors (Lipinski definition) is 1. The number of methoxy groups -OCH3 is 1. The molecule has 0 aliphatic carbocycles. The Morgan fingerprint density at radius 1 is 1.41 bits per heavy atom. The van der Waals surface area contributed by atoms with Gasteiger partial charge in [0.05, 0.1) is 17.8 Å². The third-order valence-corrected chi connectivity index (χ3v) is 2.75. The molecule has 4 nitrogen and oxygen atoms in total.